The zero-order chi connectivity index (χ0) is 13.8. The van der Waals surface area contributed by atoms with Crippen LogP contribution in [0, 0.1) is 6.92 Å². The van der Waals surface area contributed by atoms with Gasteiger partial charge in [0.05, 0.1) is 0 Å². The van der Waals surface area contributed by atoms with Gasteiger partial charge in [0, 0.05) is 11.8 Å². The molecule has 0 atom stereocenters. The molecular weight excluding hydrogens is 240 g/mol. The van der Waals surface area contributed by atoms with Crippen LogP contribution in [0.25, 0.3) is 0 Å². The number of aryl methyl sites for hydroxylation is 1. The second kappa shape index (κ2) is 5.67. The van der Waals surface area contributed by atoms with Crippen molar-refractivity contribution in [2.75, 3.05) is 5.43 Å². The Morgan fingerprint density at radius 3 is 2.68 bits per heavy atom. The predicted octanol–water partition coefficient (Wildman–Crippen LogP) is 2.99. The maximum absolute atomic E-state index is 5.75. The van der Waals surface area contributed by atoms with Crippen molar-refractivity contribution in [3.05, 3.63) is 41.6 Å². The van der Waals surface area contributed by atoms with Gasteiger partial charge in [-0.2, -0.15) is 4.98 Å². The summed E-state index contributed by atoms with van der Waals surface area (Å²) in [7, 11) is 0. The Morgan fingerprint density at radius 2 is 2.00 bits per heavy atom. The van der Waals surface area contributed by atoms with Gasteiger partial charge in [-0.3, -0.25) is 5.43 Å². The molecule has 0 aliphatic carbocycles. The Bertz CT molecular complexity index is 569. The van der Waals surface area contributed by atoms with Crippen LogP contribution in [0.15, 0.2) is 30.3 Å². The van der Waals surface area contributed by atoms with Gasteiger partial charge in [0.25, 0.3) is 0 Å². The zero-order valence-electron chi connectivity index (χ0n) is 11.3. The minimum atomic E-state index is 0.343. The second-order valence-electron chi connectivity index (χ2n) is 4.64. The number of hydrogen-bond acceptors (Lipinski definition) is 5. The van der Waals surface area contributed by atoms with Crippen molar-refractivity contribution in [2.45, 2.75) is 26.7 Å². The number of nitrogen functional groups attached to an aromatic ring is 1. The van der Waals surface area contributed by atoms with Crippen molar-refractivity contribution in [3.63, 3.8) is 0 Å². The summed E-state index contributed by atoms with van der Waals surface area (Å²) in [5, 5.41) is 0. The van der Waals surface area contributed by atoms with Crippen LogP contribution in [0.5, 0.6) is 11.6 Å². The van der Waals surface area contributed by atoms with Crippen LogP contribution in [0.3, 0.4) is 0 Å². The van der Waals surface area contributed by atoms with Gasteiger partial charge in [-0.05, 0) is 30.5 Å². The van der Waals surface area contributed by atoms with E-state index in [0.29, 0.717) is 17.7 Å². The second-order valence-corrected chi connectivity index (χ2v) is 4.64. The normalized spacial score (nSPS) is 10.6. The van der Waals surface area contributed by atoms with E-state index in [4.69, 9.17) is 10.6 Å². The third-order valence-electron chi connectivity index (χ3n) is 2.71. The number of nitrogens with zero attached hydrogens (tertiary/aromatic N) is 2. The number of benzene rings is 1. The van der Waals surface area contributed by atoms with E-state index >= 15 is 0 Å². The quantitative estimate of drug-likeness (QED) is 0.651. The molecule has 0 saturated heterocycles. The molecular formula is C14H18N4O. The van der Waals surface area contributed by atoms with Crippen LogP contribution in [0.4, 0.5) is 5.95 Å². The highest BCUT2D eigenvalue weighted by Crippen LogP contribution is 2.24. The largest absolute Gasteiger partial charge is 0.439 e. The van der Waals surface area contributed by atoms with Gasteiger partial charge in [-0.1, -0.05) is 26.0 Å². The molecule has 19 heavy (non-hydrogen) atoms. The molecule has 0 aliphatic heterocycles. The first-order valence-corrected chi connectivity index (χ1v) is 6.18. The first-order chi connectivity index (χ1) is 9.08. The van der Waals surface area contributed by atoms with Crippen LogP contribution in [0.2, 0.25) is 0 Å². The molecule has 5 nitrogen and oxygen atoms in total. The maximum Gasteiger partial charge on any atom is 0.240 e. The van der Waals surface area contributed by atoms with Crippen molar-refractivity contribution in [1.82, 2.24) is 9.97 Å². The fourth-order valence-corrected chi connectivity index (χ4v) is 1.71. The number of ether oxygens (including phenoxy) is 1. The van der Waals surface area contributed by atoms with Crippen molar-refractivity contribution >= 4 is 5.95 Å². The molecule has 0 radical (unpaired) electrons. The first kappa shape index (κ1) is 13.3. The van der Waals surface area contributed by atoms with Gasteiger partial charge >= 0.3 is 0 Å². The van der Waals surface area contributed by atoms with Gasteiger partial charge in [0.1, 0.15) is 5.75 Å². The van der Waals surface area contributed by atoms with Gasteiger partial charge in [-0.25, -0.2) is 10.8 Å². The molecule has 3 N–H and O–H groups in total. The Kier molecular flexibility index (Phi) is 3.97. The topological polar surface area (TPSA) is 73.1 Å². The number of nitrogens with two attached hydrogens (primary N) is 1. The van der Waals surface area contributed by atoms with E-state index < -0.39 is 0 Å². The zero-order valence-corrected chi connectivity index (χ0v) is 11.3. The Labute approximate surface area is 112 Å². The summed E-state index contributed by atoms with van der Waals surface area (Å²) in [4.78, 5) is 8.26. The Morgan fingerprint density at radius 1 is 1.21 bits per heavy atom. The lowest BCUT2D eigenvalue weighted by Gasteiger charge is -2.10. The molecule has 1 aromatic carbocycles. The Balaban J connectivity index is 2.25. The van der Waals surface area contributed by atoms with Gasteiger partial charge in [-0.15, -0.1) is 0 Å². The fraction of sp³-hybridized carbons (Fsp3) is 0.286. The molecule has 2 aromatic rings. The van der Waals surface area contributed by atoms with E-state index in [1.807, 2.05) is 25.1 Å². The van der Waals surface area contributed by atoms with Crippen LogP contribution in [-0.2, 0) is 0 Å². The number of nitrogens with one attached hydrogen (secondary N) is 1. The minimum absolute atomic E-state index is 0.343. The summed E-state index contributed by atoms with van der Waals surface area (Å²) in [5.41, 5.74) is 4.43. The van der Waals surface area contributed by atoms with E-state index in [2.05, 4.69) is 35.3 Å². The summed E-state index contributed by atoms with van der Waals surface area (Å²) in [6.07, 6.45) is 0. The molecule has 5 heteroatoms. The maximum atomic E-state index is 5.75. The SMILES string of the molecule is Cc1cc(Oc2cccc(C(C)C)c2)nc(NN)n1. The van der Waals surface area contributed by atoms with Crippen molar-refractivity contribution in [2.24, 2.45) is 5.84 Å². The summed E-state index contributed by atoms with van der Waals surface area (Å²) in [6.45, 7) is 6.15. The van der Waals surface area contributed by atoms with E-state index in [1.54, 1.807) is 6.07 Å². The molecule has 0 unspecified atom stereocenters. The third-order valence-corrected chi connectivity index (χ3v) is 2.71. The lowest BCUT2D eigenvalue weighted by molar-refractivity contribution is 0.460. The number of hydrogen-bond donors (Lipinski definition) is 2. The van der Waals surface area contributed by atoms with Crippen LogP contribution >= 0.6 is 0 Å². The average Bonchev–Trinajstić information content (AvgIpc) is 2.38. The summed E-state index contributed by atoms with van der Waals surface area (Å²) >= 11 is 0. The first-order valence-electron chi connectivity index (χ1n) is 6.18. The highest BCUT2D eigenvalue weighted by molar-refractivity contribution is 5.35. The van der Waals surface area contributed by atoms with Gasteiger partial charge < -0.3 is 4.74 Å². The molecule has 1 heterocycles. The molecule has 0 aliphatic rings. The van der Waals surface area contributed by atoms with Gasteiger partial charge in [0.15, 0.2) is 0 Å². The van der Waals surface area contributed by atoms with Crippen molar-refractivity contribution < 1.29 is 4.74 Å². The minimum Gasteiger partial charge on any atom is -0.439 e. The fourth-order valence-electron chi connectivity index (χ4n) is 1.71. The summed E-state index contributed by atoms with van der Waals surface area (Å²) in [5.74, 6) is 7.34. The van der Waals surface area contributed by atoms with Crippen LogP contribution in [0.1, 0.15) is 31.0 Å². The van der Waals surface area contributed by atoms with E-state index in [0.717, 1.165) is 11.4 Å². The van der Waals surface area contributed by atoms with Crippen molar-refractivity contribution in [1.29, 1.82) is 0 Å². The van der Waals surface area contributed by atoms with Gasteiger partial charge in [0.2, 0.25) is 11.8 Å². The monoisotopic (exact) mass is 258 g/mol. The van der Waals surface area contributed by atoms with E-state index in [1.165, 1.54) is 5.56 Å². The summed E-state index contributed by atoms with van der Waals surface area (Å²) < 4.78 is 5.75. The number of aromatic nitrogens is 2. The predicted molar refractivity (Wildman–Crippen MR) is 75.2 cm³/mol. The smallest absolute Gasteiger partial charge is 0.240 e. The van der Waals surface area contributed by atoms with Crippen LogP contribution < -0.4 is 16.0 Å². The molecule has 0 amide bonds. The standard InChI is InChI=1S/C14H18N4O/c1-9(2)11-5-4-6-12(8-11)19-13-7-10(3)16-14(17-13)18-15/h4-9H,15H2,1-3H3,(H,16,17,18). The highest BCUT2D eigenvalue weighted by atomic mass is 16.5. The molecule has 100 valence electrons. The number of hydrazine groups is 1. The highest BCUT2D eigenvalue weighted by Gasteiger charge is 2.05. The Hall–Kier alpha value is -2.14. The molecule has 2 rings (SSSR count). The van der Waals surface area contributed by atoms with Crippen LogP contribution in [-0.4, -0.2) is 9.97 Å². The molecule has 1 aromatic heterocycles. The third kappa shape index (κ3) is 3.42. The van der Waals surface area contributed by atoms with E-state index in [-0.39, 0.29) is 0 Å². The number of anilines is 1. The van der Waals surface area contributed by atoms with Crippen molar-refractivity contribution in [3.8, 4) is 11.6 Å². The lowest BCUT2D eigenvalue weighted by atomic mass is 10.0. The number of rotatable bonds is 4. The lowest BCUT2D eigenvalue weighted by Crippen LogP contribution is -2.11. The molecule has 0 bridgehead atoms. The average molecular weight is 258 g/mol. The molecule has 0 saturated carbocycles. The molecule has 0 fully saturated rings. The summed E-state index contributed by atoms with van der Waals surface area (Å²) in [6, 6.07) is 9.73. The van der Waals surface area contributed by atoms with E-state index in [9.17, 15) is 0 Å². The molecule has 0 spiro atoms.